The minimum absolute atomic E-state index is 0.0541. The van der Waals surface area contributed by atoms with Crippen LogP contribution in [0.1, 0.15) is 78.6 Å². The van der Waals surface area contributed by atoms with Crippen molar-refractivity contribution >= 4 is 23.3 Å². The summed E-state index contributed by atoms with van der Waals surface area (Å²) in [5.74, 6) is -0.810. The second-order valence-corrected chi connectivity index (χ2v) is 12.8. The number of aromatic nitrogens is 2. The molecular formula is C35H38F9N5O3. The Labute approximate surface area is 294 Å². The molecule has 17 heteroatoms. The summed E-state index contributed by atoms with van der Waals surface area (Å²) < 4.78 is 134. The van der Waals surface area contributed by atoms with Gasteiger partial charge >= 0.3 is 24.5 Å². The number of fused-ring (bicyclic) bond motifs is 1. The van der Waals surface area contributed by atoms with Crippen LogP contribution in [0.3, 0.4) is 0 Å². The molecule has 2 aliphatic heterocycles. The summed E-state index contributed by atoms with van der Waals surface area (Å²) in [7, 11) is 1.27. The number of hydrogen-bond acceptors (Lipinski definition) is 8. The zero-order valence-corrected chi connectivity index (χ0v) is 28.3. The Morgan fingerprint density at radius 2 is 1.60 bits per heavy atom. The first-order valence-electron chi connectivity index (χ1n) is 16.8. The Kier molecular flexibility index (Phi) is 11.8. The van der Waals surface area contributed by atoms with Crippen LogP contribution in [-0.4, -0.2) is 55.4 Å². The van der Waals surface area contributed by atoms with E-state index in [-0.39, 0.29) is 47.2 Å². The number of hydrogen-bond donors (Lipinski definition) is 2. The number of unbranched alkanes of at least 4 members (excludes halogenated alkanes) is 1. The predicted octanol–water partition coefficient (Wildman–Crippen LogP) is 8.67. The van der Waals surface area contributed by atoms with Gasteiger partial charge in [-0.2, -0.15) is 39.5 Å². The highest BCUT2D eigenvalue weighted by molar-refractivity contribution is 5.69. The van der Waals surface area contributed by atoms with Gasteiger partial charge in [0.25, 0.3) is 0 Å². The molecule has 5 rings (SSSR count). The fraction of sp³-hybridized carbons (Fsp3) is 0.514. The molecule has 3 aromatic rings. The monoisotopic (exact) mass is 747 g/mol. The van der Waals surface area contributed by atoms with Crippen LogP contribution in [0.2, 0.25) is 0 Å². The van der Waals surface area contributed by atoms with E-state index in [1.165, 1.54) is 19.4 Å². The van der Waals surface area contributed by atoms with Crippen molar-refractivity contribution in [3.8, 4) is 0 Å². The second-order valence-electron chi connectivity index (χ2n) is 12.8. The first-order valence-corrected chi connectivity index (χ1v) is 16.8. The van der Waals surface area contributed by atoms with Crippen LogP contribution in [-0.2, 0) is 39.2 Å². The number of halogens is 9. The van der Waals surface area contributed by atoms with E-state index in [4.69, 9.17) is 9.47 Å². The Balaban J connectivity index is 1.57. The van der Waals surface area contributed by atoms with Crippen LogP contribution in [0.15, 0.2) is 42.6 Å². The molecule has 1 unspecified atom stereocenters. The van der Waals surface area contributed by atoms with Crippen LogP contribution < -0.4 is 15.5 Å². The maximum atomic E-state index is 13.9. The summed E-state index contributed by atoms with van der Waals surface area (Å²) >= 11 is 0. The number of morpholine rings is 1. The zero-order valence-electron chi connectivity index (χ0n) is 28.3. The van der Waals surface area contributed by atoms with Crippen LogP contribution in [0, 0.1) is 5.92 Å². The average molecular weight is 748 g/mol. The molecule has 2 N–H and O–H groups in total. The van der Waals surface area contributed by atoms with Crippen molar-refractivity contribution in [2.45, 2.75) is 76.1 Å². The lowest BCUT2D eigenvalue weighted by molar-refractivity contribution is -0.143. The molecule has 1 aromatic heterocycles. The van der Waals surface area contributed by atoms with Gasteiger partial charge in [-0.1, -0.05) is 13.3 Å². The SMILES string of the molecule is CC[C@H]1Nc2ccc(C(F)(F)F)cc2[C@@H](Nc2ncc(N3CCOCC3)c(Cc3cc(C(F)(F)F)cc(C(F)(F)F)c3)n2)C1CCCCC(=O)OC. The number of methoxy groups -OCH3 is 1. The van der Waals surface area contributed by atoms with Gasteiger partial charge < -0.3 is 25.0 Å². The van der Waals surface area contributed by atoms with Crippen LogP contribution in [0.4, 0.5) is 56.8 Å². The van der Waals surface area contributed by atoms with Gasteiger partial charge in [0, 0.05) is 43.6 Å². The molecule has 0 saturated carbocycles. The number of nitrogens with zero attached hydrogens (tertiary/aromatic N) is 3. The zero-order chi connectivity index (χ0) is 37.8. The Hall–Kier alpha value is -4.28. The molecule has 0 bridgehead atoms. The summed E-state index contributed by atoms with van der Waals surface area (Å²) in [5, 5.41) is 6.54. The lowest BCUT2D eigenvalue weighted by Crippen LogP contribution is -2.41. The van der Waals surface area contributed by atoms with Gasteiger partial charge in [-0.15, -0.1) is 0 Å². The minimum atomic E-state index is -5.05. The van der Waals surface area contributed by atoms with E-state index in [9.17, 15) is 44.3 Å². The van der Waals surface area contributed by atoms with Gasteiger partial charge in [0.1, 0.15) is 0 Å². The molecule has 0 amide bonds. The second kappa shape index (κ2) is 15.8. The fourth-order valence-corrected chi connectivity index (χ4v) is 6.74. The van der Waals surface area contributed by atoms with E-state index >= 15 is 0 Å². The molecule has 3 atom stereocenters. The van der Waals surface area contributed by atoms with Crippen molar-refractivity contribution in [2.75, 3.05) is 48.9 Å². The number of anilines is 3. The Morgan fingerprint density at radius 3 is 2.19 bits per heavy atom. The molecule has 0 spiro atoms. The molecule has 0 radical (unpaired) electrons. The van der Waals surface area contributed by atoms with Crippen molar-refractivity contribution in [1.82, 2.24) is 9.97 Å². The molecule has 3 heterocycles. The molecule has 2 aromatic carbocycles. The number of esters is 1. The van der Waals surface area contributed by atoms with Crippen LogP contribution >= 0.6 is 0 Å². The molecule has 0 aliphatic carbocycles. The smallest absolute Gasteiger partial charge is 0.416 e. The van der Waals surface area contributed by atoms with Gasteiger partial charge in [0.05, 0.1) is 60.6 Å². The largest absolute Gasteiger partial charge is 0.469 e. The first-order chi connectivity index (χ1) is 24.5. The van der Waals surface area contributed by atoms with Crippen LogP contribution in [0.25, 0.3) is 0 Å². The summed E-state index contributed by atoms with van der Waals surface area (Å²) in [6, 6.07) is 3.69. The maximum absolute atomic E-state index is 13.9. The number of rotatable bonds is 11. The summed E-state index contributed by atoms with van der Waals surface area (Å²) in [4.78, 5) is 22.6. The number of benzene rings is 2. The molecule has 2 aliphatic rings. The highest BCUT2D eigenvalue weighted by Gasteiger charge is 2.40. The van der Waals surface area contributed by atoms with E-state index in [1.54, 1.807) is 0 Å². The standard InChI is InChI=1S/C35H38F9N5O3/c1-3-26-24(6-4-5-7-30(50)51-2)31(25-18-21(33(36,37)38)8-9-27(25)46-26)48-32-45-19-29(49-10-12-52-13-11-49)28(47-32)16-20-14-22(34(39,40)41)17-23(15-20)35(42,43)44/h8-9,14-15,17-19,24,26,31,46H,3-7,10-13,16H2,1-2H3,(H,45,47,48)/t24?,26-,31+/m1/s1. The van der Waals surface area contributed by atoms with Crippen molar-refractivity contribution in [3.05, 3.63) is 76.1 Å². The normalized spacial score (nSPS) is 19.5. The molecule has 284 valence electrons. The molecule has 1 saturated heterocycles. The van der Waals surface area contributed by atoms with E-state index in [0.717, 1.165) is 12.1 Å². The summed E-state index contributed by atoms with van der Waals surface area (Å²) in [5.41, 5.74) is -2.88. The minimum Gasteiger partial charge on any atom is -0.469 e. The van der Waals surface area contributed by atoms with Gasteiger partial charge in [-0.05, 0) is 66.8 Å². The first kappa shape index (κ1) is 38.9. The van der Waals surface area contributed by atoms with E-state index in [2.05, 4.69) is 20.6 Å². The predicted molar refractivity (Wildman–Crippen MR) is 174 cm³/mol. The third-order valence-corrected chi connectivity index (χ3v) is 9.34. The van der Waals surface area contributed by atoms with E-state index < -0.39 is 53.7 Å². The van der Waals surface area contributed by atoms with Crippen molar-refractivity contribution in [3.63, 3.8) is 0 Å². The highest BCUT2D eigenvalue weighted by Crippen LogP contribution is 2.45. The fourth-order valence-electron chi connectivity index (χ4n) is 6.74. The highest BCUT2D eigenvalue weighted by atomic mass is 19.4. The topological polar surface area (TPSA) is 88.6 Å². The summed E-state index contributed by atoms with van der Waals surface area (Å²) in [6.45, 7) is 3.25. The third-order valence-electron chi connectivity index (χ3n) is 9.34. The van der Waals surface area contributed by atoms with Crippen molar-refractivity contribution in [1.29, 1.82) is 0 Å². The average Bonchev–Trinajstić information content (AvgIpc) is 3.09. The molecule has 52 heavy (non-hydrogen) atoms. The lowest BCUT2D eigenvalue weighted by atomic mass is 9.78. The molecule has 1 fully saturated rings. The molecule has 8 nitrogen and oxygen atoms in total. The van der Waals surface area contributed by atoms with Gasteiger partial charge in [0.2, 0.25) is 5.95 Å². The third kappa shape index (κ3) is 9.38. The Morgan fingerprint density at radius 1 is 0.942 bits per heavy atom. The van der Waals surface area contributed by atoms with Crippen molar-refractivity contribution < 1.29 is 53.8 Å². The Bertz CT molecular complexity index is 1680. The maximum Gasteiger partial charge on any atom is 0.416 e. The quantitative estimate of drug-likeness (QED) is 0.115. The number of nitrogens with one attached hydrogen (secondary N) is 2. The van der Waals surface area contributed by atoms with E-state index in [0.29, 0.717) is 75.5 Å². The van der Waals surface area contributed by atoms with Crippen LogP contribution in [0.5, 0.6) is 0 Å². The van der Waals surface area contributed by atoms with Gasteiger partial charge in [0.15, 0.2) is 0 Å². The van der Waals surface area contributed by atoms with Gasteiger partial charge in [-0.3, -0.25) is 4.79 Å². The number of carbonyl (C=O) groups excluding carboxylic acids is 1. The number of alkyl halides is 9. The van der Waals surface area contributed by atoms with Gasteiger partial charge in [-0.25, -0.2) is 9.97 Å². The number of carbonyl (C=O) groups is 1. The van der Waals surface area contributed by atoms with Crippen molar-refractivity contribution in [2.24, 2.45) is 5.92 Å². The number of ether oxygens (including phenoxy) is 2. The van der Waals surface area contributed by atoms with E-state index in [1.807, 2.05) is 11.8 Å². The summed E-state index contributed by atoms with van der Waals surface area (Å²) in [6.07, 6.45) is -11.6. The lowest BCUT2D eigenvalue weighted by Gasteiger charge is -2.41. The molecular weight excluding hydrogens is 709 g/mol.